The zero-order valence-corrected chi connectivity index (χ0v) is 12.9. The third kappa shape index (κ3) is 1.72. The van der Waals surface area contributed by atoms with Crippen LogP contribution in [-0.2, 0) is 0 Å². The van der Waals surface area contributed by atoms with Crippen LogP contribution in [0, 0.1) is 0 Å². The van der Waals surface area contributed by atoms with Crippen molar-refractivity contribution >= 4 is 11.0 Å². The Hall–Kier alpha value is -2.87. The molecule has 3 heterocycles. The predicted molar refractivity (Wildman–Crippen MR) is 94.4 cm³/mol. The molecule has 0 N–H and O–H groups in total. The highest BCUT2D eigenvalue weighted by Crippen LogP contribution is 2.43. The third-order valence-corrected chi connectivity index (χ3v) is 4.86. The van der Waals surface area contributed by atoms with E-state index in [1.54, 1.807) is 0 Å². The van der Waals surface area contributed by atoms with Gasteiger partial charge in [0.15, 0.2) is 0 Å². The van der Waals surface area contributed by atoms with Crippen LogP contribution in [0.4, 0.5) is 0 Å². The molecule has 2 nitrogen and oxygen atoms in total. The minimum atomic E-state index is 0.341. The predicted octanol–water partition coefficient (Wildman–Crippen LogP) is 5.29. The Morgan fingerprint density at radius 3 is 2.52 bits per heavy atom. The minimum Gasteiger partial charge on any atom is -0.318 e. The summed E-state index contributed by atoms with van der Waals surface area (Å²) in [5.74, 6) is 0. The van der Waals surface area contributed by atoms with Crippen molar-refractivity contribution < 1.29 is 0 Å². The van der Waals surface area contributed by atoms with Crippen LogP contribution in [0.15, 0.2) is 72.9 Å². The number of rotatable bonds is 1. The van der Waals surface area contributed by atoms with Gasteiger partial charge < -0.3 is 4.57 Å². The van der Waals surface area contributed by atoms with Gasteiger partial charge in [0.1, 0.15) is 5.65 Å². The standard InChI is InChI=1S/C21H16N2/c1-14-18-9-5-6-10-19(18)20-12-16-11-17(13-22-21(16)23(14)20)15-7-3-2-4-8-15/h2-14H,1H3/t14-/m1/s1. The van der Waals surface area contributed by atoms with E-state index in [0.717, 1.165) is 5.65 Å². The van der Waals surface area contributed by atoms with E-state index < -0.39 is 0 Å². The van der Waals surface area contributed by atoms with Gasteiger partial charge in [-0.1, -0.05) is 54.6 Å². The Morgan fingerprint density at radius 1 is 0.870 bits per heavy atom. The summed E-state index contributed by atoms with van der Waals surface area (Å²) in [7, 11) is 0. The summed E-state index contributed by atoms with van der Waals surface area (Å²) in [6.45, 7) is 2.25. The summed E-state index contributed by atoms with van der Waals surface area (Å²) in [4.78, 5) is 4.79. The van der Waals surface area contributed by atoms with Gasteiger partial charge in [-0.2, -0.15) is 0 Å². The zero-order chi connectivity index (χ0) is 15.4. The van der Waals surface area contributed by atoms with Gasteiger partial charge in [0.25, 0.3) is 0 Å². The Balaban J connectivity index is 1.74. The number of nitrogens with zero attached hydrogens (tertiary/aromatic N) is 2. The van der Waals surface area contributed by atoms with Crippen LogP contribution in [0.2, 0.25) is 0 Å². The van der Waals surface area contributed by atoms with E-state index in [9.17, 15) is 0 Å². The first-order valence-electron chi connectivity index (χ1n) is 7.98. The van der Waals surface area contributed by atoms with Crippen molar-refractivity contribution in [2.45, 2.75) is 13.0 Å². The molecule has 0 bridgehead atoms. The van der Waals surface area contributed by atoms with Gasteiger partial charge in [-0.15, -0.1) is 0 Å². The van der Waals surface area contributed by atoms with Crippen LogP contribution in [-0.4, -0.2) is 9.55 Å². The number of aromatic nitrogens is 2. The molecule has 23 heavy (non-hydrogen) atoms. The lowest BCUT2D eigenvalue weighted by Gasteiger charge is -2.10. The van der Waals surface area contributed by atoms with E-state index in [0.29, 0.717) is 6.04 Å². The number of fused-ring (bicyclic) bond motifs is 5. The molecule has 1 aliphatic heterocycles. The van der Waals surface area contributed by atoms with Gasteiger partial charge in [0.2, 0.25) is 0 Å². The van der Waals surface area contributed by atoms with Gasteiger partial charge in [0, 0.05) is 22.7 Å². The monoisotopic (exact) mass is 296 g/mol. The molecule has 0 saturated heterocycles. The average molecular weight is 296 g/mol. The van der Waals surface area contributed by atoms with Crippen molar-refractivity contribution in [3.05, 3.63) is 78.5 Å². The molecule has 0 saturated carbocycles. The van der Waals surface area contributed by atoms with E-state index >= 15 is 0 Å². The summed E-state index contributed by atoms with van der Waals surface area (Å²) < 4.78 is 2.36. The highest BCUT2D eigenvalue weighted by atomic mass is 15.1. The second kappa shape index (κ2) is 4.56. The molecule has 2 aromatic heterocycles. The van der Waals surface area contributed by atoms with E-state index in [1.807, 2.05) is 12.3 Å². The minimum absolute atomic E-state index is 0.341. The molecule has 4 aromatic rings. The summed E-state index contributed by atoms with van der Waals surface area (Å²) in [5.41, 5.74) is 7.45. The first-order chi connectivity index (χ1) is 11.3. The third-order valence-electron chi connectivity index (χ3n) is 4.86. The SMILES string of the molecule is C[C@@H]1c2ccccc2-c2cc3cc(-c4ccccc4)cnc3n21. The molecule has 0 aliphatic carbocycles. The number of pyridine rings is 1. The van der Waals surface area contributed by atoms with E-state index in [-0.39, 0.29) is 0 Å². The highest BCUT2D eigenvalue weighted by Gasteiger charge is 2.27. The molecule has 0 radical (unpaired) electrons. The summed E-state index contributed by atoms with van der Waals surface area (Å²) in [6, 6.07) is 24.0. The van der Waals surface area contributed by atoms with E-state index in [2.05, 4.69) is 72.2 Å². The van der Waals surface area contributed by atoms with Crippen molar-refractivity contribution in [2.75, 3.05) is 0 Å². The van der Waals surface area contributed by atoms with Crippen molar-refractivity contribution in [2.24, 2.45) is 0 Å². The summed E-state index contributed by atoms with van der Waals surface area (Å²) in [6.07, 6.45) is 1.99. The molecule has 0 spiro atoms. The number of benzene rings is 2. The normalized spacial score (nSPS) is 15.6. The van der Waals surface area contributed by atoms with Gasteiger partial charge in [-0.25, -0.2) is 4.98 Å². The second-order valence-corrected chi connectivity index (χ2v) is 6.17. The van der Waals surface area contributed by atoms with Crippen molar-refractivity contribution in [3.63, 3.8) is 0 Å². The zero-order valence-electron chi connectivity index (χ0n) is 12.9. The van der Waals surface area contributed by atoms with Gasteiger partial charge in [-0.3, -0.25) is 0 Å². The summed E-state index contributed by atoms with van der Waals surface area (Å²) in [5, 5.41) is 1.21. The Kier molecular flexibility index (Phi) is 2.51. The van der Waals surface area contributed by atoms with Gasteiger partial charge >= 0.3 is 0 Å². The largest absolute Gasteiger partial charge is 0.318 e. The van der Waals surface area contributed by atoms with E-state index in [1.165, 1.54) is 33.3 Å². The van der Waals surface area contributed by atoms with Crippen LogP contribution < -0.4 is 0 Å². The van der Waals surface area contributed by atoms with Crippen LogP contribution in [0.5, 0.6) is 0 Å². The van der Waals surface area contributed by atoms with Crippen LogP contribution >= 0.6 is 0 Å². The van der Waals surface area contributed by atoms with E-state index in [4.69, 9.17) is 4.98 Å². The quantitative estimate of drug-likeness (QED) is 0.466. The molecule has 0 fully saturated rings. The maximum Gasteiger partial charge on any atom is 0.140 e. The fraction of sp³-hybridized carbons (Fsp3) is 0.0952. The first-order valence-corrected chi connectivity index (χ1v) is 7.98. The molecule has 1 atom stereocenters. The Bertz CT molecular complexity index is 1030. The molecular formula is C21H16N2. The molecule has 110 valence electrons. The fourth-order valence-electron chi connectivity index (χ4n) is 3.73. The summed E-state index contributed by atoms with van der Waals surface area (Å²) >= 11 is 0. The molecule has 0 unspecified atom stereocenters. The molecule has 0 amide bonds. The lowest BCUT2D eigenvalue weighted by molar-refractivity contribution is 0.693. The molecular weight excluding hydrogens is 280 g/mol. The fourth-order valence-corrected chi connectivity index (χ4v) is 3.73. The van der Waals surface area contributed by atoms with Crippen molar-refractivity contribution in [1.29, 1.82) is 0 Å². The van der Waals surface area contributed by atoms with Crippen molar-refractivity contribution in [3.8, 4) is 22.4 Å². The Morgan fingerprint density at radius 2 is 1.65 bits per heavy atom. The molecule has 1 aliphatic rings. The molecule has 2 aromatic carbocycles. The number of hydrogen-bond donors (Lipinski definition) is 0. The average Bonchev–Trinajstić information content (AvgIpc) is 3.12. The molecule has 5 rings (SSSR count). The van der Waals surface area contributed by atoms with Gasteiger partial charge in [-0.05, 0) is 30.2 Å². The first kappa shape index (κ1) is 12.7. The maximum absolute atomic E-state index is 4.79. The van der Waals surface area contributed by atoms with Crippen LogP contribution in [0.25, 0.3) is 33.4 Å². The molecule has 2 heteroatoms. The second-order valence-electron chi connectivity index (χ2n) is 6.17. The van der Waals surface area contributed by atoms with Gasteiger partial charge in [0.05, 0.1) is 11.7 Å². The van der Waals surface area contributed by atoms with Crippen LogP contribution in [0.3, 0.4) is 0 Å². The smallest absolute Gasteiger partial charge is 0.140 e. The maximum atomic E-state index is 4.79. The highest BCUT2D eigenvalue weighted by molar-refractivity contribution is 5.90. The van der Waals surface area contributed by atoms with Crippen LogP contribution in [0.1, 0.15) is 18.5 Å². The lowest BCUT2D eigenvalue weighted by Crippen LogP contribution is -2.01. The number of hydrogen-bond acceptors (Lipinski definition) is 1. The Labute approximate surface area is 135 Å². The topological polar surface area (TPSA) is 17.8 Å². The lowest BCUT2D eigenvalue weighted by atomic mass is 10.0. The van der Waals surface area contributed by atoms with Crippen molar-refractivity contribution in [1.82, 2.24) is 9.55 Å².